The first-order chi connectivity index (χ1) is 12.9. The molecule has 27 heavy (non-hydrogen) atoms. The normalized spacial score (nSPS) is 10.9. The fraction of sp³-hybridized carbons (Fsp3) is 0.235. The van der Waals surface area contributed by atoms with Crippen LogP contribution in [0.2, 0.25) is 0 Å². The number of methoxy groups -OCH3 is 1. The number of alkyl halides is 3. The van der Waals surface area contributed by atoms with E-state index in [4.69, 9.17) is 19.5 Å². The molecule has 0 bridgehead atoms. The highest BCUT2D eigenvalue weighted by atomic mass is 19.4. The molecular formula is C17H13F3N2O5. The number of nitriles is 1. The molecule has 0 unspecified atom stereocenters. The fourth-order valence-electron chi connectivity index (χ4n) is 1.99. The minimum absolute atomic E-state index is 0.0342. The van der Waals surface area contributed by atoms with Crippen molar-refractivity contribution in [1.82, 2.24) is 4.98 Å². The zero-order valence-electron chi connectivity index (χ0n) is 13.9. The molecule has 10 heteroatoms. The van der Waals surface area contributed by atoms with Gasteiger partial charge in [-0.15, -0.1) is 13.2 Å². The number of carbonyl (C=O) groups is 1. The van der Waals surface area contributed by atoms with Crippen LogP contribution < -0.4 is 9.47 Å². The van der Waals surface area contributed by atoms with Crippen molar-refractivity contribution in [2.24, 2.45) is 0 Å². The number of rotatable bonds is 8. The van der Waals surface area contributed by atoms with Gasteiger partial charge in [0, 0.05) is 13.3 Å². The van der Waals surface area contributed by atoms with Crippen LogP contribution in [-0.2, 0) is 9.47 Å². The van der Waals surface area contributed by atoms with E-state index in [2.05, 4.69) is 9.72 Å². The van der Waals surface area contributed by atoms with Crippen molar-refractivity contribution in [3.63, 3.8) is 0 Å². The van der Waals surface area contributed by atoms with Crippen LogP contribution in [0.4, 0.5) is 13.2 Å². The maximum Gasteiger partial charge on any atom is 0.525 e. The third-order valence-corrected chi connectivity index (χ3v) is 3.12. The summed E-state index contributed by atoms with van der Waals surface area (Å²) in [6.07, 6.45) is -3.52. The molecule has 0 saturated carbocycles. The Labute approximate surface area is 151 Å². The summed E-state index contributed by atoms with van der Waals surface area (Å²) in [5.74, 6) is -0.650. The van der Waals surface area contributed by atoms with Gasteiger partial charge >= 0.3 is 6.36 Å². The van der Waals surface area contributed by atoms with E-state index in [1.54, 1.807) is 0 Å². The third kappa shape index (κ3) is 5.67. The van der Waals surface area contributed by atoms with Gasteiger partial charge < -0.3 is 14.2 Å². The van der Waals surface area contributed by atoms with Gasteiger partial charge in [-0.2, -0.15) is 5.26 Å². The van der Waals surface area contributed by atoms with Crippen LogP contribution in [0.25, 0.3) is 0 Å². The van der Waals surface area contributed by atoms with E-state index in [9.17, 15) is 18.0 Å². The molecule has 7 nitrogen and oxygen atoms in total. The minimum Gasteiger partial charge on any atom is -0.467 e. The molecule has 1 heterocycles. The molecule has 0 amide bonds. The van der Waals surface area contributed by atoms with Crippen LogP contribution in [0.5, 0.6) is 11.5 Å². The first-order valence-electron chi connectivity index (χ1n) is 7.35. The van der Waals surface area contributed by atoms with Gasteiger partial charge in [0.25, 0.3) is 0 Å². The van der Waals surface area contributed by atoms with E-state index in [-0.39, 0.29) is 35.1 Å². The molecule has 0 saturated heterocycles. The van der Waals surface area contributed by atoms with E-state index in [1.807, 2.05) is 6.07 Å². The summed E-state index contributed by atoms with van der Waals surface area (Å²) in [6.45, 7) is -1.27. The van der Waals surface area contributed by atoms with Gasteiger partial charge in [0.15, 0.2) is 13.6 Å². The second kappa shape index (κ2) is 8.98. The number of halogens is 3. The van der Waals surface area contributed by atoms with Gasteiger partial charge in [-0.3, -0.25) is 14.5 Å². The SMILES string of the molecule is COCOc1ccc(OCOC(F)(F)F)cc1C(=O)c1ncccc1C#N. The Kier molecular flexibility index (Phi) is 6.70. The summed E-state index contributed by atoms with van der Waals surface area (Å²) in [6, 6.07) is 8.54. The molecule has 0 aliphatic heterocycles. The lowest BCUT2D eigenvalue weighted by Gasteiger charge is -2.13. The highest BCUT2D eigenvalue weighted by Gasteiger charge is 2.29. The second-order valence-corrected chi connectivity index (χ2v) is 4.90. The number of benzene rings is 1. The van der Waals surface area contributed by atoms with Gasteiger partial charge in [-0.05, 0) is 30.3 Å². The molecule has 2 aromatic rings. The number of aromatic nitrogens is 1. The lowest BCUT2D eigenvalue weighted by Crippen LogP contribution is -2.17. The molecule has 1 aromatic heterocycles. The largest absolute Gasteiger partial charge is 0.525 e. The van der Waals surface area contributed by atoms with E-state index >= 15 is 0 Å². The van der Waals surface area contributed by atoms with E-state index in [1.165, 1.54) is 43.6 Å². The Bertz CT molecular complexity index is 849. The number of ether oxygens (including phenoxy) is 4. The average molecular weight is 382 g/mol. The van der Waals surface area contributed by atoms with E-state index in [0.29, 0.717) is 0 Å². The van der Waals surface area contributed by atoms with Crippen molar-refractivity contribution in [3.05, 3.63) is 53.3 Å². The maximum absolute atomic E-state index is 12.8. The van der Waals surface area contributed by atoms with Gasteiger partial charge in [-0.25, -0.2) is 0 Å². The first-order valence-corrected chi connectivity index (χ1v) is 7.35. The maximum atomic E-state index is 12.8. The van der Waals surface area contributed by atoms with Crippen molar-refractivity contribution < 1.29 is 36.9 Å². The summed E-state index contributed by atoms with van der Waals surface area (Å²) in [4.78, 5) is 16.7. The minimum atomic E-state index is -4.85. The number of hydrogen-bond donors (Lipinski definition) is 0. The van der Waals surface area contributed by atoms with Crippen molar-refractivity contribution in [2.45, 2.75) is 6.36 Å². The predicted molar refractivity (Wildman–Crippen MR) is 84.0 cm³/mol. The molecule has 0 aliphatic carbocycles. The number of ketones is 1. The van der Waals surface area contributed by atoms with Gasteiger partial charge in [-0.1, -0.05) is 0 Å². The number of hydrogen-bond acceptors (Lipinski definition) is 7. The monoisotopic (exact) mass is 382 g/mol. The van der Waals surface area contributed by atoms with Crippen molar-refractivity contribution in [2.75, 3.05) is 20.7 Å². The molecule has 0 N–H and O–H groups in total. The molecular weight excluding hydrogens is 369 g/mol. The second-order valence-electron chi connectivity index (χ2n) is 4.90. The molecule has 2 rings (SSSR count). The van der Waals surface area contributed by atoms with Crippen LogP contribution in [0, 0.1) is 11.3 Å². The molecule has 0 spiro atoms. The molecule has 0 aliphatic rings. The summed E-state index contributed by atoms with van der Waals surface area (Å²) < 4.78 is 54.6. The van der Waals surface area contributed by atoms with Crippen molar-refractivity contribution >= 4 is 5.78 Å². The van der Waals surface area contributed by atoms with Crippen LogP contribution in [0.15, 0.2) is 36.5 Å². The van der Waals surface area contributed by atoms with E-state index < -0.39 is 18.9 Å². The predicted octanol–water partition coefficient (Wildman–Crippen LogP) is 3.04. The lowest BCUT2D eigenvalue weighted by atomic mass is 10.0. The quantitative estimate of drug-likeness (QED) is 0.512. The Morgan fingerprint density at radius 2 is 2.00 bits per heavy atom. The van der Waals surface area contributed by atoms with Crippen molar-refractivity contribution in [1.29, 1.82) is 5.26 Å². The zero-order valence-corrected chi connectivity index (χ0v) is 13.9. The smallest absolute Gasteiger partial charge is 0.467 e. The van der Waals surface area contributed by atoms with Crippen LogP contribution in [0.3, 0.4) is 0 Å². The van der Waals surface area contributed by atoms with Gasteiger partial charge in [0.1, 0.15) is 23.3 Å². The standard InChI is InChI=1S/C17H13F3N2O5/c1-24-9-26-14-5-4-12(25-10-27-17(18,19)20)7-13(14)16(23)15-11(8-21)3-2-6-22-15/h2-7H,9-10H2,1H3. The average Bonchev–Trinajstić information content (AvgIpc) is 2.65. The highest BCUT2D eigenvalue weighted by molar-refractivity contribution is 6.11. The lowest BCUT2D eigenvalue weighted by molar-refractivity contribution is -0.341. The molecule has 142 valence electrons. The van der Waals surface area contributed by atoms with Crippen LogP contribution in [0.1, 0.15) is 21.6 Å². The van der Waals surface area contributed by atoms with Crippen LogP contribution >= 0.6 is 0 Å². The van der Waals surface area contributed by atoms with E-state index in [0.717, 1.165) is 0 Å². The van der Waals surface area contributed by atoms with Crippen molar-refractivity contribution in [3.8, 4) is 17.6 Å². The number of pyridine rings is 1. The molecule has 0 radical (unpaired) electrons. The van der Waals surface area contributed by atoms with Crippen LogP contribution in [-0.4, -0.2) is 37.8 Å². The highest BCUT2D eigenvalue weighted by Crippen LogP contribution is 2.28. The Morgan fingerprint density at radius 1 is 1.22 bits per heavy atom. The summed E-state index contributed by atoms with van der Waals surface area (Å²) in [7, 11) is 1.37. The fourth-order valence-corrected chi connectivity index (χ4v) is 1.99. The zero-order chi connectivity index (χ0) is 19.9. The molecule has 0 atom stereocenters. The van der Waals surface area contributed by atoms with Gasteiger partial charge in [0.05, 0.1) is 11.1 Å². The number of carbonyl (C=O) groups excluding carboxylic acids is 1. The topological polar surface area (TPSA) is 90.7 Å². The Hall–Kier alpha value is -3.16. The summed E-state index contributed by atoms with van der Waals surface area (Å²) in [5, 5.41) is 9.13. The molecule has 0 fully saturated rings. The molecule has 1 aromatic carbocycles. The Balaban J connectivity index is 2.34. The third-order valence-electron chi connectivity index (χ3n) is 3.12. The summed E-state index contributed by atoms with van der Waals surface area (Å²) >= 11 is 0. The number of nitrogens with zero attached hydrogens (tertiary/aromatic N) is 2. The summed E-state index contributed by atoms with van der Waals surface area (Å²) in [5.41, 5.74) is -0.162. The Morgan fingerprint density at radius 3 is 2.67 bits per heavy atom. The first kappa shape index (κ1) is 20.2. The van der Waals surface area contributed by atoms with Gasteiger partial charge in [0.2, 0.25) is 5.78 Å².